The number of benzene rings is 4. The van der Waals surface area contributed by atoms with Gasteiger partial charge < -0.3 is 20.1 Å². The molecule has 0 bridgehead atoms. The number of carboxylic acid groups (broad SMARTS) is 1. The quantitative estimate of drug-likeness (QED) is 0.130. The molecule has 0 spiro atoms. The molecular formula is C41H42N4O5. The number of nitrogens with zero attached hydrogens (tertiary/aromatic N) is 3. The molecular weight excluding hydrogens is 628 g/mol. The molecule has 1 aliphatic heterocycles. The Morgan fingerprint density at radius 3 is 2.54 bits per heavy atom. The van der Waals surface area contributed by atoms with Crippen LogP contribution in [0, 0.1) is 13.8 Å². The molecule has 256 valence electrons. The van der Waals surface area contributed by atoms with E-state index in [-0.39, 0.29) is 17.4 Å². The van der Waals surface area contributed by atoms with Gasteiger partial charge in [0.25, 0.3) is 5.91 Å². The van der Waals surface area contributed by atoms with Crippen molar-refractivity contribution in [3.63, 3.8) is 0 Å². The van der Waals surface area contributed by atoms with Crippen molar-refractivity contribution < 1.29 is 24.2 Å². The zero-order chi connectivity index (χ0) is 35.0. The van der Waals surface area contributed by atoms with Crippen molar-refractivity contribution in [2.75, 3.05) is 24.6 Å². The second kappa shape index (κ2) is 15.7. The molecule has 0 radical (unpaired) electrons. The van der Waals surface area contributed by atoms with Gasteiger partial charge in [0, 0.05) is 42.5 Å². The van der Waals surface area contributed by atoms with E-state index in [2.05, 4.69) is 36.4 Å². The number of aromatic nitrogens is 2. The van der Waals surface area contributed by atoms with Crippen LogP contribution in [0.1, 0.15) is 67.8 Å². The molecule has 9 nitrogen and oxygen atoms in total. The summed E-state index contributed by atoms with van der Waals surface area (Å²) in [5.74, 6) is -0.141. The summed E-state index contributed by atoms with van der Waals surface area (Å²) in [6.45, 7) is 6.26. The van der Waals surface area contributed by atoms with Gasteiger partial charge in [-0.2, -0.15) is 5.10 Å². The topological polar surface area (TPSA) is 114 Å². The van der Waals surface area contributed by atoms with Gasteiger partial charge in [0.2, 0.25) is 5.91 Å². The summed E-state index contributed by atoms with van der Waals surface area (Å²) in [4.78, 5) is 39.3. The van der Waals surface area contributed by atoms with E-state index in [9.17, 15) is 14.4 Å². The maximum atomic E-state index is 13.4. The van der Waals surface area contributed by atoms with Gasteiger partial charge in [0.15, 0.2) is 0 Å². The van der Waals surface area contributed by atoms with Crippen molar-refractivity contribution in [3.8, 4) is 16.9 Å². The molecule has 0 aliphatic carbocycles. The fourth-order valence-corrected chi connectivity index (χ4v) is 6.40. The molecule has 1 aliphatic rings. The van der Waals surface area contributed by atoms with E-state index in [0.717, 1.165) is 57.7 Å². The molecule has 1 aromatic heterocycles. The van der Waals surface area contributed by atoms with Crippen LogP contribution < -0.4 is 15.0 Å². The molecule has 2 amide bonds. The number of hydrogen-bond acceptors (Lipinski definition) is 5. The minimum atomic E-state index is -0.961. The van der Waals surface area contributed by atoms with Crippen LogP contribution in [-0.4, -0.2) is 52.4 Å². The molecule has 0 saturated carbocycles. The largest absolute Gasteiger partial charge is 0.493 e. The Kier molecular flexibility index (Phi) is 10.7. The van der Waals surface area contributed by atoms with Gasteiger partial charge in [-0.1, -0.05) is 48.5 Å². The zero-order valence-electron chi connectivity index (χ0n) is 28.5. The number of carboxylic acids is 1. The molecule has 0 saturated heterocycles. The number of rotatable bonds is 13. The number of ether oxygens (including phenoxy) is 1. The number of nitrogens with one attached hydrogen (secondary N) is 1. The lowest BCUT2D eigenvalue weighted by molar-refractivity contribution is -0.118. The van der Waals surface area contributed by atoms with E-state index < -0.39 is 5.97 Å². The van der Waals surface area contributed by atoms with E-state index in [1.54, 1.807) is 30.3 Å². The van der Waals surface area contributed by atoms with Gasteiger partial charge in [0.1, 0.15) is 5.75 Å². The van der Waals surface area contributed by atoms with Gasteiger partial charge in [-0.25, -0.2) is 4.79 Å². The molecule has 2 N–H and O–H groups in total. The number of aromatic carboxylic acids is 1. The Balaban J connectivity index is 1.05. The fraction of sp³-hybridized carbons (Fsp3) is 0.268. The third-order valence-electron chi connectivity index (χ3n) is 9.28. The summed E-state index contributed by atoms with van der Waals surface area (Å²) < 4.78 is 7.86. The van der Waals surface area contributed by atoms with Crippen LogP contribution in [0.3, 0.4) is 0 Å². The standard InChI is InChI=1S/C41H42N4O5/c1-28-8-3-14-38(29(28)2)50-23-7-15-39(46)45-22-6-12-36-35(11-5-13-37(36)45)34-25-43-44(27-34)26-31-9-4-10-33(24-31)40(47)42-21-20-30-16-18-32(19-17-30)41(48)49/h3-5,8-11,13-14,16-19,24-25,27H,6-7,12,15,20-23,26H2,1-2H3,(H,42,47)(H,48,49). The highest BCUT2D eigenvalue weighted by atomic mass is 16.5. The van der Waals surface area contributed by atoms with Crippen molar-refractivity contribution in [1.29, 1.82) is 0 Å². The third kappa shape index (κ3) is 8.11. The Morgan fingerprint density at radius 2 is 1.72 bits per heavy atom. The molecule has 50 heavy (non-hydrogen) atoms. The van der Waals surface area contributed by atoms with Crippen molar-refractivity contribution in [1.82, 2.24) is 15.1 Å². The first kappa shape index (κ1) is 34.2. The molecule has 2 heterocycles. The Bertz CT molecular complexity index is 2000. The highest BCUT2D eigenvalue weighted by Gasteiger charge is 2.25. The summed E-state index contributed by atoms with van der Waals surface area (Å²) in [6, 6.07) is 26.4. The van der Waals surface area contributed by atoms with Crippen molar-refractivity contribution in [3.05, 3.63) is 136 Å². The minimum absolute atomic E-state index is 0.113. The number of fused-ring (bicyclic) bond motifs is 1. The van der Waals surface area contributed by atoms with Crippen LogP contribution in [0.4, 0.5) is 5.69 Å². The van der Waals surface area contributed by atoms with E-state index in [0.29, 0.717) is 51.1 Å². The van der Waals surface area contributed by atoms with Crippen LogP contribution in [0.2, 0.25) is 0 Å². The van der Waals surface area contributed by atoms with Gasteiger partial charge in [0.05, 0.1) is 24.9 Å². The van der Waals surface area contributed by atoms with E-state index in [1.165, 1.54) is 5.56 Å². The van der Waals surface area contributed by atoms with Gasteiger partial charge >= 0.3 is 5.97 Å². The van der Waals surface area contributed by atoms with Crippen LogP contribution in [0.25, 0.3) is 11.1 Å². The predicted octanol–water partition coefficient (Wildman–Crippen LogP) is 7.02. The van der Waals surface area contributed by atoms with E-state index >= 15 is 0 Å². The summed E-state index contributed by atoms with van der Waals surface area (Å²) in [5.41, 5.74) is 9.23. The van der Waals surface area contributed by atoms with Crippen molar-refractivity contribution in [2.45, 2.75) is 52.5 Å². The molecule has 0 atom stereocenters. The first-order chi connectivity index (χ1) is 24.3. The lowest BCUT2D eigenvalue weighted by Gasteiger charge is -2.31. The fourth-order valence-electron chi connectivity index (χ4n) is 6.40. The summed E-state index contributed by atoms with van der Waals surface area (Å²) in [7, 11) is 0. The molecule has 9 heteroatoms. The summed E-state index contributed by atoms with van der Waals surface area (Å²) >= 11 is 0. The second-order valence-electron chi connectivity index (χ2n) is 12.7. The van der Waals surface area contributed by atoms with E-state index in [4.69, 9.17) is 9.84 Å². The highest BCUT2D eigenvalue weighted by Crippen LogP contribution is 2.36. The maximum absolute atomic E-state index is 13.4. The third-order valence-corrected chi connectivity index (χ3v) is 9.28. The average molecular weight is 671 g/mol. The van der Waals surface area contributed by atoms with Crippen molar-refractivity contribution in [2.24, 2.45) is 0 Å². The van der Waals surface area contributed by atoms with Gasteiger partial charge in [-0.3, -0.25) is 14.3 Å². The number of aryl methyl sites for hydroxylation is 1. The summed E-state index contributed by atoms with van der Waals surface area (Å²) in [6.07, 6.45) is 7.34. The normalized spacial score (nSPS) is 12.3. The number of amides is 2. The lowest BCUT2D eigenvalue weighted by atomic mass is 9.93. The molecule has 0 unspecified atom stereocenters. The highest BCUT2D eigenvalue weighted by molar-refractivity contribution is 5.96. The minimum Gasteiger partial charge on any atom is -0.493 e. The molecule has 6 rings (SSSR count). The maximum Gasteiger partial charge on any atom is 0.335 e. The number of carbonyl (C=O) groups excluding carboxylic acids is 2. The monoisotopic (exact) mass is 670 g/mol. The van der Waals surface area contributed by atoms with Gasteiger partial charge in [-0.05, 0) is 109 Å². The number of hydrogen-bond donors (Lipinski definition) is 2. The zero-order valence-corrected chi connectivity index (χ0v) is 28.5. The number of carbonyl (C=O) groups is 3. The Labute approximate surface area is 292 Å². The molecule has 4 aromatic carbocycles. The van der Waals surface area contributed by atoms with Crippen LogP contribution in [-0.2, 0) is 24.2 Å². The number of anilines is 1. The molecule has 5 aromatic rings. The second-order valence-corrected chi connectivity index (χ2v) is 12.7. The Morgan fingerprint density at radius 1 is 0.920 bits per heavy atom. The Hall–Kier alpha value is -5.70. The lowest BCUT2D eigenvalue weighted by Crippen LogP contribution is -2.35. The molecule has 0 fully saturated rings. The smallest absolute Gasteiger partial charge is 0.335 e. The average Bonchev–Trinajstić information content (AvgIpc) is 3.59. The van der Waals surface area contributed by atoms with Crippen molar-refractivity contribution >= 4 is 23.5 Å². The predicted molar refractivity (Wildman–Crippen MR) is 194 cm³/mol. The first-order valence-corrected chi connectivity index (χ1v) is 17.1. The first-order valence-electron chi connectivity index (χ1n) is 17.1. The van der Waals surface area contributed by atoms with E-state index in [1.807, 2.05) is 64.4 Å². The van der Waals surface area contributed by atoms with Crippen LogP contribution in [0.15, 0.2) is 97.3 Å². The van der Waals surface area contributed by atoms with Crippen LogP contribution >= 0.6 is 0 Å². The SMILES string of the molecule is Cc1cccc(OCCCC(=O)N2CCCc3c(-c4cnn(Cc5cccc(C(=O)NCCc6ccc(C(=O)O)cc6)c5)c4)cccc32)c1C. The summed E-state index contributed by atoms with van der Waals surface area (Å²) in [5, 5.41) is 16.7. The van der Waals surface area contributed by atoms with Gasteiger partial charge in [-0.15, -0.1) is 0 Å². The van der Waals surface area contributed by atoms with Crippen LogP contribution in [0.5, 0.6) is 5.75 Å².